The lowest BCUT2D eigenvalue weighted by molar-refractivity contribution is 0.0867. The van der Waals surface area contributed by atoms with Gasteiger partial charge < -0.3 is 15.7 Å². The minimum Gasteiger partial charge on any atom is -0.393 e. The lowest BCUT2D eigenvalue weighted by Gasteiger charge is -2.26. The molecule has 0 saturated heterocycles. The summed E-state index contributed by atoms with van der Waals surface area (Å²) >= 11 is 0. The summed E-state index contributed by atoms with van der Waals surface area (Å²) in [7, 11) is 1.81. The molecule has 0 spiro atoms. The number of aromatic nitrogens is 1. The third-order valence-corrected chi connectivity index (χ3v) is 3.93. The van der Waals surface area contributed by atoms with E-state index in [1.807, 2.05) is 13.1 Å². The third kappa shape index (κ3) is 4.43. The molecule has 21 heavy (non-hydrogen) atoms. The minimum atomic E-state index is -0.203. The van der Waals surface area contributed by atoms with Crippen molar-refractivity contribution >= 4 is 11.7 Å². The Morgan fingerprint density at radius 3 is 2.67 bits per heavy atom. The van der Waals surface area contributed by atoms with E-state index in [4.69, 9.17) is 0 Å². The van der Waals surface area contributed by atoms with Crippen LogP contribution in [0.2, 0.25) is 0 Å². The van der Waals surface area contributed by atoms with Crippen LogP contribution in [0.1, 0.15) is 55.1 Å². The highest BCUT2D eigenvalue weighted by Crippen LogP contribution is 2.19. The molecule has 3 N–H and O–H groups in total. The molecule has 1 fully saturated rings. The number of anilines is 1. The van der Waals surface area contributed by atoms with E-state index < -0.39 is 0 Å². The van der Waals surface area contributed by atoms with Crippen molar-refractivity contribution in [1.82, 2.24) is 10.3 Å². The zero-order chi connectivity index (χ0) is 15.2. The minimum absolute atomic E-state index is 0.0485. The molecular weight excluding hydrogens is 266 g/mol. The van der Waals surface area contributed by atoms with Gasteiger partial charge in [0.1, 0.15) is 5.82 Å². The average Bonchev–Trinajstić information content (AvgIpc) is 2.49. The molecule has 0 unspecified atom stereocenters. The first-order valence-corrected chi connectivity index (χ1v) is 7.80. The van der Waals surface area contributed by atoms with Gasteiger partial charge in [-0.2, -0.15) is 0 Å². The molecule has 0 atom stereocenters. The highest BCUT2D eigenvalue weighted by Gasteiger charge is 2.21. The van der Waals surface area contributed by atoms with Gasteiger partial charge in [-0.25, -0.2) is 4.98 Å². The highest BCUT2D eigenvalue weighted by atomic mass is 16.3. The van der Waals surface area contributed by atoms with E-state index in [9.17, 15) is 9.90 Å². The van der Waals surface area contributed by atoms with Gasteiger partial charge in [0.15, 0.2) is 0 Å². The number of aryl methyl sites for hydroxylation is 1. The molecule has 1 aliphatic carbocycles. The van der Waals surface area contributed by atoms with Crippen molar-refractivity contribution < 1.29 is 9.90 Å². The summed E-state index contributed by atoms with van der Waals surface area (Å²) < 4.78 is 0. The number of nitrogens with one attached hydrogen (secondary N) is 2. The van der Waals surface area contributed by atoms with Gasteiger partial charge in [-0.1, -0.05) is 13.3 Å². The molecule has 5 heteroatoms. The Hall–Kier alpha value is -1.62. The van der Waals surface area contributed by atoms with Gasteiger partial charge in [0.25, 0.3) is 5.91 Å². The lowest BCUT2D eigenvalue weighted by atomic mass is 9.93. The maximum Gasteiger partial charge on any atom is 0.251 e. The van der Waals surface area contributed by atoms with Crippen LogP contribution >= 0.6 is 0 Å². The number of carbonyl (C=O) groups is 1. The van der Waals surface area contributed by atoms with Crippen molar-refractivity contribution in [1.29, 1.82) is 0 Å². The van der Waals surface area contributed by atoms with E-state index in [2.05, 4.69) is 22.5 Å². The quantitative estimate of drug-likeness (QED) is 0.777. The van der Waals surface area contributed by atoms with Gasteiger partial charge >= 0.3 is 0 Å². The Bertz CT molecular complexity index is 482. The normalized spacial score (nSPS) is 21.9. The second-order valence-electron chi connectivity index (χ2n) is 5.71. The summed E-state index contributed by atoms with van der Waals surface area (Å²) in [5.74, 6) is 0.679. The molecule has 2 rings (SSSR count). The summed E-state index contributed by atoms with van der Waals surface area (Å²) in [6, 6.07) is 3.82. The zero-order valence-corrected chi connectivity index (χ0v) is 12.9. The number of carbonyl (C=O) groups excluding carboxylic acids is 1. The monoisotopic (exact) mass is 291 g/mol. The van der Waals surface area contributed by atoms with Crippen LogP contribution in [0.25, 0.3) is 0 Å². The number of amides is 1. The van der Waals surface area contributed by atoms with Crippen molar-refractivity contribution in [2.24, 2.45) is 0 Å². The highest BCUT2D eigenvalue weighted by molar-refractivity contribution is 5.95. The first-order valence-electron chi connectivity index (χ1n) is 7.80. The SMILES string of the molecule is CCCc1cc(C(=O)NC2CCC(O)CC2)cc(NC)n1. The first-order chi connectivity index (χ1) is 10.1. The molecule has 5 nitrogen and oxygen atoms in total. The standard InChI is InChI=1S/C16H25N3O2/c1-3-4-13-9-11(10-15(17-2)18-13)16(21)19-12-5-7-14(20)8-6-12/h9-10,12,14,20H,3-8H2,1-2H3,(H,17,18)(H,19,21). The van der Waals surface area contributed by atoms with Crippen LogP contribution in [0.15, 0.2) is 12.1 Å². The molecule has 1 aromatic heterocycles. The van der Waals surface area contributed by atoms with E-state index in [0.717, 1.165) is 50.0 Å². The molecule has 0 aliphatic heterocycles. The van der Waals surface area contributed by atoms with Gasteiger partial charge in [0, 0.05) is 24.3 Å². The molecule has 0 bridgehead atoms. The van der Waals surface area contributed by atoms with E-state index in [1.165, 1.54) is 0 Å². The van der Waals surface area contributed by atoms with Crippen molar-refractivity contribution in [2.45, 2.75) is 57.6 Å². The predicted octanol–water partition coefficient (Wildman–Crippen LogP) is 2.11. The van der Waals surface area contributed by atoms with Crippen molar-refractivity contribution in [2.75, 3.05) is 12.4 Å². The molecule has 1 aromatic rings. The number of aliphatic hydroxyl groups excluding tert-OH is 1. The van der Waals surface area contributed by atoms with Crippen LogP contribution in [-0.2, 0) is 6.42 Å². The summed E-state index contributed by atoms with van der Waals surface area (Å²) in [4.78, 5) is 16.8. The third-order valence-electron chi connectivity index (χ3n) is 3.93. The number of pyridine rings is 1. The van der Waals surface area contributed by atoms with E-state index in [-0.39, 0.29) is 18.1 Å². The molecule has 1 amide bonds. The van der Waals surface area contributed by atoms with Crippen LogP contribution in [0.3, 0.4) is 0 Å². The Kier molecular flexibility index (Phi) is 5.56. The van der Waals surface area contributed by atoms with Gasteiger partial charge in [0.05, 0.1) is 6.10 Å². The van der Waals surface area contributed by atoms with Crippen LogP contribution in [0, 0.1) is 0 Å². The number of hydrogen-bond donors (Lipinski definition) is 3. The fourth-order valence-electron chi connectivity index (χ4n) is 2.72. The first kappa shape index (κ1) is 15.8. The molecule has 0 aromatic carbocycles. The molecule has 1 saturated carbocycles. The summed E-state index contributed by atoms with van der Waals surface area (Å²) in [6.45, 7) is 2.10. The number of aliphatic hydroxyl groups is 1. The van der Waals surface area contributed by atoms with E-state index in [0.29, 0.717) is 5.56 Å². The van der Waals surface area contributed by atoms with Crippen molar-refractivity contribution in [3.63, 3.8) is 0 Å². The van der Waals surface area contributed by atoms with Crippen molar-refractivity contribution in [3.05, 3.63) is 23.4 Å². The zero-order valence-electron chi connectivity index (χ0n) is 12.9. The lowest BCUT2D eigenvalue weighted by Crippen LogP contribution is -2.38. The van der Waals surface area contributed by atoms with Gasteiger partial charge in [-0.15, -0.1) is 0 Å². The Balaban J connectivity index is 2.05. The second-order valence-corrected chi connectivity index (χ2v) is 5.71. The number of nitrogens with zero attached hydrogens (tertiary/aromatic N) is 1. The van der Waals surface area contributed by atoms with Gasteiger partial charge in [-0.05, 0) is 44.2 Å². The van der Waals surface area contributed by atoms with Crippen LogP contribution < -0.4 is 10.6 Å². The maximum atomic E-state index is 12.4. The molecule has 116 valence electrons. The van der Waals surface area contributed by atoms with Crippen molar-refractivity contribution in [3.8, 4) is 0 Å². The number of rotatable bonds is 5. The smallest absolute Gasteiger partial charge is 0.251 e. The summed E-state index contributed by atoms with van der Waals surface area (Å²) in [5, 5.41) is 15.6. The van der Waals surface area contributed by atoms with Crippen LogP contribution in [0.5, 0.6) is 0 Å². The Labute approximate surface area is 126 Å². The van der Waals surface area contributed by atoms with E-state index >= 15 is 0 Å². The fourth-order valence-corrected chi connectivity index (χ4v) is 2.72. The summed E-state index contributed by atoms with van der Waals surface area (Å²) in [5.41, 5.74) is 1.59. The predicted molar refractivity (Wildman–Crippen MR) is 83.5 cm³/mol. The summed E-state index contributed by atoms with van der Waals surface area (Å²) in [6.07, 6.45) is 4.89. The van der Waals surface area contributed by atoms with E-state index in [1.54, 1.807) is 6.07 Å². The number of hydrogen-bond acceptors (Lipinski definition) is 4. The molecule has 1 aliphatic rings. The Morgan fingerprint density at radius 2 is 2.05 bits per heavy atom. The van der Waals surface area contributed by atoms with Crippen LogP contribution in [-0.4, -0.2) is 35.2 Å². The topological polar surface area (TPSA) is 74.2 Å². The second kappa shape index (κ2) is 7.41. The average molecular weight is 291 g/mol. The van der Waals surface area contributed by atoms with Gasteiger partial charge in [-0.3, -0.25) is 4.79 Å². The molecule has 1 heterocycles. The maximum absolute atomic E-state index is 12.4. The Morgan fingerprint density at radius 1 is 1.33 bits per heavy atom. The fraction of sp³-hybridized carbons (Fsp3) is 0.625. The molecule has 0 radical (unpaired) electrons. The van der Waals surface area contributed by atoms with Gasteiger partial charge in [0.2, 0.25) is 0 Å². The molecular formula is C16H25N3O2. The van der Waals surface area contributed by atoms with Crippen LogP contribution in [0.4, 0.5) is 5.82 Å². The largest absolute Gasteiger partial charge is 0.393 e.